The molecule has 1 aliphatic carbocycles. The van der Waals surface area contributed by atoms with E-state index < -0.39 is 28.5 Å². The van der Waals surface area contributed by atoms with Gasteiger partial charge in [-0.1, -0.05) is 6.07 Å². The molecule has 0 radical (unpaired) electrons. The van der Waals surface area contributed by atoms with Crippen molar-refractivity contribution in [1.29, 1.82) is 0 Å². The molecule has 2 fully saturated rings. The average molecular weight is 506 g/mol. The number of rotatable bonds is 6. The van der Waals surface area contributed by atoms with E-state index >= 15 is 0 Å². The second-order valence-corrected chi connectivity index (χ2v) is 11.2. The first kappa shape index (κ1) is 23.6. The molecule has 186 valence electrons. The molecule has 35 heavy (non-hydrogen) atoms. The van der Waals surface area contributed by atoms with E-state index in [-0.39, 0.29) is 35.2 Å². The molecule has 2 aliphatic rings. The van der Waals surface area contributed by atoms with Gasteiger partial charge in [-0.15, -0.1) is 0 Å². The van der Waals surface area contributed by atoms with Crippen molar-refractivity contribution in [3.05, 3.63) is 35.7 Å². The van der Waals surface area contributed by atoms with Crippen molar-refractivity contribution in [2.45, 2.75) is 49.5 Å². The van der Waals surface area contributed by atoms with Crippen molar-refractivity contribution in [1.82, 2.24) is 15.0 Å². The number of sulfone groups is 1. The Morgan fingerprint density at radius 3 is 2.60 bits per heavy atom. The number of nitrogens with one attached hydrogen (secondary N) is 3. The number of benzene rings is 1. The van der Waals surface area contributed by atoms with Crippen LogP contribution in [-0.4, -0.2) is 48.1 Å². The summed E-state index contributed by atoms with van der Waals surface area (Å²) in [5, 5.41) is 5.92. The number of carbonyl (C=O) groups excluding carboxylic acids is 1. The number of H-pyrrole nitrogens is 1. The van der Waals surface area contributed by atoms with Crippen LogP contribution in [0.1, 0.15) is 43.2 Å². The highest BCUT2D eigenvalue weighted by atomic mass is 32.2. The van der Waals surface area contributed by atoms with E-state index in [1.165, 1.54) is 6.07 Å². The summed E-state index contributed by atoms with van der Waals surface area (Å²) in [6, 6.07) is 6.30. The number of imidazole rings is 1. The number of aromatic amines is 1. The van der Waals surface area contributed by atoms with Gasteiger partial charge in [-0.3, -0.25) is 4.79 Å². The number of anilines is 3. The normalized spacial score (nSPS) is 20.1. The highest BCUT2D eigenvalue weighted by Gasteiger charge is 2.36. The number of ether oxygens (including phenoxy) is 1. The van der Waals surface area contributed by atoms with E-state index in [9.17, 15) is 22.0 Å². The highest BCUT2D eigenvalue weighted by molar-refractivity contribution is 7.90. The first-order valence-electron chi connectivity index (χ1n) is 11.3. The predicted molar refractivity (Wildman–Crippen MR) is 126 cm³/mol. The number of hydrogen-bond donors (Lipinski definition) is 3. The van der Waals surface area contributed by atoms with Gasteiger partial charge in [0.05, 0.1) is 22.4 Å². The lowest BCUT2D eigenvalue weighted by Gasteiger charge is -2.29. The van der Waals surface area contributed by atoms with Crippen LogP contribution in [0.5, 0.6) is 0 Å². The Balaban J connectivity index is 1.50. The Morgan fingerprint density at radius 1 is 1.17 bits per heavy atom. The maximum Gasteiger partial charge on any atom is 0.271 e. The third-order valence-corrected chi connectivity index (χ3v) is 7.22. The molecule has 5 rings (SSSR count). The zero-order valence-electron chi connectivity index (χ0n) is 19.2. The molecule has 1 unspecified atom stereocenters. The largest absolute Gasteiger partial charge is 0.367 e. The van der Waals surface area contributed by atoms with Crippen molar-refractivity contribution in [2.24, 2.45) is 5.92 Å². The topological polar surface area (TPSA) is 126 Å². The first-order chi connectivity index (χ1) is 16.5. The third-order valence-electron chi connectivity index (χ3n) is 6.09. The maximum absolute atomic E-state index is 13.5. The summed E-state index contributed by atoms with van der Waals surface area (Å²) in [6.07, 6.45) is 1.91. The highest BCUT2D eigenvalue weighted by Crippen LogP contribution is 2.38. The number of hydrogen-bond acceptors (Lipinski definition) is 7. The zero-order valence-corrected chi connectivity index (χ0v) is 20.0. The minimum atomic E-state index is -3.70. The van der Waals surface area contributed by atoms with E-state index in [4.69, 9.17) is 4.74 Å². The lowest BCUT2D eigenvalue weighted by Crippen LogP contribution is -2.31. The maximum atomic E-state index is 13.5. The van der Waals surface area contributed by atoms with Gasteiger partial charge >= 0.3 is 0 Å². The van der Waals surface area contributed by atoms with E-state index in [0.717, 1.165) is 19.1 Å². The van der Waals surface area contributed by atoms with E-state index in [2.05, 4.69) is 25.6 Å². The van der Waals surface area contributed by atoms with Crippen LogP contribution in [0.25, 0.3) is 11.2 Å². The quantitative estimate of drug-likeness (QED) is 0.457. The van der Waals surface area contributed by atoms with Crippen LogP contribution in [0.3, 0.4) is 0 Å². The molecule has 1 aliphatic heterocycles. The fraction of sp³-hybridized carbons (Fsp3) is 0.435. The molecular formula is C23H25F2N5O4S. The molecule has 3 heterocycles. The first-order valence-corrected chi connectivity index (χ1v) is 13.2. The number of fused-ring (bicyclic) bond motifs is 1. The molecule has 1 aromatic carbocycles. The Hall–Kier alpha value is -3.12. The number of alkyl halides is 2. The Bertz CT molecular complexity index is 1410. The number of amides is 1. The number of pyridine rings is 1. The van der Waals surface area contributed by atoms with Gasteiger partial charge in [-0.25, -0.2) is 27.2 Å². The SMILES string of the molecule is Cc1nc2c(Nc3ccc(C4CCC(F)(F)CO4)cc3S(C)(=O)=O)cc(NC(=O)C3CC3)nc2[nH]1. The molecule has 1 saturated carbocycles. The predicted octanol–water partition coefficient (Wildman–Crippen LogP) is 4.25. The Labute approximate surface area is 200 Å². The third kappa shape index (κ3) is 5.13. The van der Waals surface area contributed by atoms with Crippen molar-refractivity contribution >= 4 is 44.1 Å². The molecule has 1 amide bonds. The van der Waals surface area contributed by atoms with Gasteiger partial charge in [0, 0.05) is 24.7 Å². The second kappa shape index (κ2) is 8.52. The molecule has 3 aromatic rings. The lowest BCUT2D eigenvalue weighted by molar-refractivity contribution is -0.145. The number of halogens is 2. The van der Waals surface area contributed by atoms with Crippen LogP contribution < -0.4 is 10.6 Å². The van der Waals surface area contributed by atoms with Crippen molar-refractivity contribution < 1.29 is 26.7 Å². The van der Waals surface area contributed by atoms with E-state index in [1.807, 2.05) is 0 Å². The number of aromatic nitrogens is 3. The van der Waals surface area contributed by atoms with Crippen molar-refractivity contribution in [3.63, 3.8) is 0 Å². The molecule has 0 bridgehead atoms. The molecule has 1 atom stereocenters. The summed E-state index contributed by atoms with van der Waals surface area (Å²) in [7, 11) is -3.70. The standard InChI is InChI=1S/C23H25F2N5O4S/c1-12-26-20-16(10-19(29-21(20)27-12)30-22(31)13-3-4-13)28-15-6-5-14(9-18(15)35(2,32)33)17-7-8-23(24,25)11-34-17/h5-6,9-10,13,17H,3-4,7-8,11H2,1-2H3,(H3,26,27,28,29,30,31). The van der Waals surface area contributed by atoms with E-state index in [0.29, 0.717) is 34.1 Å². The summed E-state index contributed by atoms with van der Waals surface area (Å²) in [6.45, 7) is 1.06. The van der Waals surface area contributed by atoms with Crippen LogP contribution in [0.2, 0.25) is 0 Å². The molecule has 9 nitrogen and oxygen atoms in total. The summed E-state index contributed by atoms with van der Waals surface area (Å²) in [4.78, 5) is 24.2. The van der Waals surface area contributed by atoms with Crippen molar-refractivity contribution in [2.75, 3.05) is 23.5 Å². The van der Waals surface area contributed by atoms with Gasteiger partial charge in [-0.05, 0) is 43.9 Å². The molecule has 3 N–H and O–H groups in total. The Morgan fingerprint density at radius 2 is 1.94 bits per heavy atom. The summed E-state index contributed by atoms with van der Waals surface area (Å²) in [5.74, 6) is -2.09. The van der Waals surface area contributed by atoms with Crippen LogP contribution in [0.4, 0.5) is 26.0 Å². The van der Waals surface area contributed by atoms with Gasteiger partial charge < -0.3 is 20.4 Å². The molecule has 2 aromatic heterocycles. The molecule has 12 heteroatoms. The smallest absolute Gasteiger partial charge is 0.271 e. The number of nitrogens with zero attached hydrogens (tertiary/aromatic N) is 2. The number of carbonyl (C=O) groups is 1. The molecule has 0 spiro atoms. The fourth-order valence-corrected chi connectivity index (χ4v) is 4.98. The minimum Gasteiger partial charge on any atom is -0.367 e. The summed E-state index contributed by atoms with van der Waals surface area (Å²) >= 11 is 0. The van der Waals surface area contributed by atoms with Gasteiger partial charge in [0.15, 0.2) is 15.5 Å². The zero-order chi connectivity index (χ0) is 25.0. The van der Waals surface area contributed by atoms with Crippen LogP contribution in [0.15, 0.2) is 29.2 Å². The second-order valence-electron chi connectivity index (χ2n) is 9.19. The van der Waals surface area contributed by atoms with Crippen LogP contribution in [-0.2, 0) is 19.4 Å². The number of aryl methyl sites for hydroxylation is 1. The summed E-state index contributed by atoms with van der Waals surface area (Å²) in [5.41, 5.74) is 2.17. The van der Waals surface area contributed by atoms with Gasteiger partial charge in [-0.2, -0.15) is 0 Å². The molecular weight excluding hydrogens is 480 g/mol. The fourth-order valence-electron chi connectivity index (χ4n) is 4.12. The summed E-state index contributed by atoms with van der Waals surface area (Å²) < 4.78 is 57.6. The van der Waals surface area contributed by atoms with Gasteiger partial charge in [0.2, 0.25) is 5.91 Å². The lowest BCUT2D eigenvalue weighted by atomic mass is 9.99. The minimum absolute atomic E-state index is 0.00304. The van der Waals surface area contributed by atoms with E-state index in [1.54, 1.807) is 25.1 Å². The van der Waals surface area contributed by atoms with Gasteiger partial charge in [0.1, 0.15) is 23.8 Å². The average Bonchev–Trinajstić information content (AvgIpc) is 3.55. The van der Waals surface area contributed by atoms with Crippen LogP contribution >= 0.6 is 0 Å². The van der Waals surface area contributed by atoms with Crippen LogP contribution in [0, 0.1) is 12.8 Å². The Kier molecular flexibility index (Phi) is 5.75. The monoisotopic (exact) mass is 505 g/mol. The molecule has 1 saturated heterocycles. The van der Waals surface area contributed by atoms with Crippen molar-refractivity contribution in [3.8, 4) is 0 Å². The van der Waals surface area contributed by atoms with Gasteiger partial charge in [0.25, 0.3) is 5.92 Å².